The maximum atomic E-state index is 6.11. The summed E-state index contributed by atoms with van der Waals surface area (Å²) in [5.41, 5.74) is 5.61. The molecule has 6 heteroatoms. The van der Waals surface area contributed by atoms with Crippen LogP contribution in [0, 0.1) is 0 Å². The Balaban J connectivity index is 2.36. The molecule has 0 bridgehead atoms. The highest BCUT2D eigenvalue weighted by molar-refractivity contribution is 6.66. The third kappa shape index (κ3) is 2.03. The fraction of sp³-hybridized carbons (Fsp3) is 0.545. The number of hydrogen-bond donors (Lipinski definition) is 1. The minimum absolute atomic E-state index is 0.291. The van der Waals surface area contributed by atoms with Crippen molar-refractivity contribution in [3.63, 3.8) is 0 Å². The molecule has 1 fully saturated rings. The zero-order chi connectivity index (χ0) is 12.8. The van der Waals surface area contributed by atoms with Crippen LogP contribution in [-0.2, 0) is 9.31 Å². The van der Waals surface area contributed by atoms with E-state index in [1.165, 1.54) is 0 Å². The third-order valence-electron chi connectivity index (χ3n) is 3.45. The molecular weight excluding hydrogens is 238 g/mol. The molecule has 1 saturated heterocycles. The molecule has 0 saturated carbocycles. The minimum atomic E-state index is -0.502. The third-order valence-corrected chi connectivity index (χ3v) is 3.87. The second-order valence-electron chi connectivity index (χ2n) is 5.19. The van der Waals surface area contributed by atoms with Crippen molar-refractivity contribution in [1.29, 1.82) is 0 Å². The van der Waals surface area contributed by atoms with Crippen molar-refractivity contribution in [3.8, 4) is 0 Å². The molecule has 4 nitrogen and oxygen atoms in total. The van der Waals surface area contributed by atoms with Crippen LogP contribution in [0.5, 0.6) is 0 Å². The first-order valence-corrected chi connectivity index (χ1v) is 5.88. The quantitative estimate of drug-likeness (QED) is 0.774. The lowest BCUT2D eigenvalue weighted by Gasteiger charge is -2.32. The Morgan fingerprint density at radius 3 is 2.29 bits per heavy atom. The molecule has 0 aromatic carbocycles. The number of pyridine rings is 1. The van der Waals surface area contributed by atoms with Gasteiger partial charge in [-0.05, 0) is 33.8 Å². The number of rotatable bonds is 1. The van der Waals surface area contributed by atoms with Crippen LogP contribution < -0.4 is 11.2 Å². The SMILES string of the molecule is CC1(C)OB(c2ccnc(N)c2Cl)OC1(C)C. The molecule has 1 aromatic heterocycles. The lowest BCUT2D eigenvalue weighted by Crippen LogP contribution is -2.41. The molecule has 2 rings (SSSR count). The maximum absolute atomic E-state index is 6.11. The molecule has 92 valence electrons. The Morgan fingerprint density at radius 2 is 1.76 bits per heavy atom. The zero-order valence-electron chi connectivity index (χ0n) is 10.5. The smallest absolute Gasteiger partial charge is 0.399 e. The van der Waals surface area contributed by atoms with Gasteiger partial charge in [-0.1, -0.05) is 11.6 Å². The monoisotopic (exact) mass is 254 g/mol. The van der Waals surface area contributed by atoms with E-state index < -0.39 is 7.12 Å². The molecule has 1 aliphatic rings. The number of nitrogens with two attached hydrogens (primary N) is 1. The van der Waals surface area contributed by atoms with Gasteiger partial charge in [0.2, 0.25) is 0 Å². The predicted octanol–water partition coefficient (Wildman–Crippen LogP) is 1.62. The highest BCUT2D eigenvalue weighted by atomic mass is 35.5. The molecule has 0 unspecified atom stereocenters. The fourth-order valence-corrected chi connectivity index (χ4v) is 1.83. The van der Waals surface area contributed by atoms with Gasteiger partial charge < -0.3 is 15.0 Å². The minimum Gasteiger partial charge on any atom is -0.399 e. The van der Waals surface area contributed by atoms with Crippen molar-refractivity contribution in [2.45, 2.75) is 38.9 Å². The summed E-state index contributed by atoms with van der Waals surface area (Å²) < 4.78 is 11.8. The van der Waals surface area contributed by atoms with Crippen molar-refractivity contribution in [2.24, 2.45) is 0 Å². The number of hydrogen-bond acceptors (Lipinski definition) is 4. The van der Waals surface area contributed by atoms with Gasteiger partial charge in [0.15, 0.2) is 0 Å². The molecule has 1 aromatic rings. The van der Waals surface area contributed by atoms with E-state index in [0.29, 0.717) is 10.8 Å². The molecule has 0 aliphatic carbocycles. The van der Waals surface area contributed by atoms with Gasteiger partial charge in [-0.3, -0.25) is 0 Å². The first-order chi connectivity index (χ1) is 7.74. The largest absolute Gasteiger partial charge is 0.496 e. The van der Waals surface area contributed by atoms with Crippen LogP contribution in [-0.4, -0.2) is 23.3 Å². The van der Waals surface area contributed by atoms with Crippen LogP contribution in [0.2, 0.25) is 5.02 Å². The Labute approximate surface area is 107 Å². The van der Waals surface area contributed by atoms with Gasteiger partial charge in [0.25, 0.3) is 0 Å². The summed E-state index contributed by atoms with van der Waals surface area (Å²) in [6.07, 6.45) is 1.60. The number of halogens is 1. The van der Waals surface area contributed by atoms with Crippen LogP contribution in [0.4, 0.5) is 5.82 Å². The number of anilines is 1. The van der Waals surface area contributed by atoms with Crippen molar-refractivity contribution >= 4 is 30.0 Å². The van der Waals surface area contributed by atoms with Gasteiger partial charge in [0.1, 0.15) is 5.82 Å². The lowest BCUT2D eigenvalue weighted by atomic mass is 9.79. The molecule has 17 heavy (non-hydrogen) atoms. The van der Waals surface area contributed by atoms with Gasteiger partial charge in [-0.25, -0.2) is 4.98 Å². The number of nitrogen functional groups attached to an aromatic ring is 1. The summed E-state index contributed by atoms with van der Waals surface area (Å²) in [5, 5.41) is 0.394. The van der Waals surface area contributed by atoms with E-state index in [0.717, 1.165) is 5.46 Å². The fourth-order valence-electron chi connectivity index (χ4n) is 1.63. The standard InChI is InChI=1S/C11H16BClN2O2/c1-10(2)11(3,4)17-12(16-10)7-5-6-15-9(14)8(7)13/h5-6H,1-4H3,(H2,14,15). The predicted molar refractivity (Wildman–Crippen MR) is 69.4 cm³/mol. The molecule has 0 spiro atoms. The van der Waals surface area contributed by atoms with Crippen LogP contribution in [0.3, 0.4) is 0 Å². The second-order valence-corrected chi connectivity index (χ2v) is 5.57. The molecular formula is C11H16BClN2O2. The van der Waals surface area contributed by atoms with Gasteiger partial charge in [0.05, 0.1) is 16.2 Å². The molecule has 2 N–H and O–H groups in total. The second kappa shape index (κ2) is 3.87. The lowest BCUT2D eigenvalue weighted by molar-refractivity contribution is 0.00578. The Bertz CT molecular complexity index is 435. The topological polar surface area (TPSA) is 57.4 Å². The molecule has 0 atom stereocenters. The molecule has 2 heterocycles. The highest BCUT2D eigenvalue weighted by Gasteiger charge is 2.52. The first kappa shape index (κ1) is 12.7. The van der Waals surface area contributed by atoms with E-state index in [4.69, 9.17) is 26.6 Å². The summed E-state index contributed by atoms with van der Waals surface area (Å²) in [5.74, 6) is 0.291. The van der Waals surface area contributed by atoms with Crippen molar-refractivity contribution in [2.75, 3.05) is 5.73 Å². The number of nitrogens with zero attached hydrogens (tertiary/aromatic N) is 1. The maximum Gasteiger partial charge on any atom is 0.496 e. The zero-order valence-corrected chi connectivity index (χ0v) is 11.2. The van der Waals surface area contributed by atoms with E-state index >= 15 is 0 Å². The average Bonchev–Trinajstić information content (AvgIpc) is 2.40. The average molecular weight is 255 g/mol. The first-order valence-electron chi connectivity index (χ1n) is 5.50. The van der Waals surface area contributed by atoms with Crippen LogP contribution in [0.1, 0.15) is 27.7 Å². The van der Waals surface area contributed by atoms with Crippen LogP contribution in [0.25, 0.3) is 0 Å². The van der Waals surface area contributed by atoms with E-state index in [-0.39, 0.29) is 11.2 Å². The Morgan fingerprint density at radius 1 is 1.24 bits per heavy atom. The number of aromatic nitrogens is 1. The molecule has 0 radical (unpaired) electrons. The van der Waals surface area contributed by atoms with Crippen molar-refractivity contribution in [3.05, 3.63) is 17.3 Å². The van der Waals surface area contributed by atoms with E-state index in [9.17, 15) is 0 Å². The Hall–Kier alpha value is -0.775. The summed E-state index contributed by atoms with van der Waals surface area (Å²) in [6, 6.07) is 1.76. The van der Waals surface area contributed by atoms with Crippen LogP contribution >= 0.6 is 11.6 Å². The van der Waals surface area contributed by atoms with Gasteiger partial charge >= 0.3 is 7.12 Å². The van der Waals surface area contributed by atoms with E-state index in [2.05, 4.69) is 4.98 Å². The van der Waals surface area contributed by atoms with Crippen LogP contribution in [0.15, 0.2) is 12.3 Å². The molecule has 0 amide bonds. The summed E-state index contributed by atoms with van der Waals surface area (Å²) in [4.78, 5) is 3.92. The van der Waals surface area contributed by atoms with Gasteiger partial charge in [-0.2, -0.15) is 0 Å². The Kier molecular flexibility index (Phi) is 2.88. The normalized spacial score (nSPS) is 21.8. The van der Waals surface area contributed by atoms with Gasteiger partial charge in [-0.15, -0.1) is 0 Å². The van der Waals surface area contributed by atoms with Gasteiger partial charge in [0, 0.05) is 11.7 Å². The van der Waals surface area contributed by atoms with E-state index in [1.54, 1.807) is 12.3 Å². The van der Waals surface area contributed by atoms with E-state index in [1.807, 2.05) is 27.7 Å². The summed E-state index contributed by atoms with van der Waals surface area (Å²) >= 11 is 6.11. The highest BCUT2D eigenvalue weighted by Crippen LogP contribution is 2.37. The summed E-state index contributed by atoms with van der Waals surface area (Å²) in [6.45, 7) is 7.97. The van der Waals surface area contributed by atoms with Crippen molar-refractivity contribution < 1.29 is 9.31 Å². The summed E-state index contributed by atoms with van der Waals surface area (Å²) in [7, 11) is -0.502. The van der Waals surface area contributed by atoms with Crippen molar-refractivity contribution in [1.82, 2.24) is 4.98 Å². The molecule has 1 aliphatic heterocycles.